The van der Waals surface area contributed by atoms with Gasteiger partial charge in [-0.3, -0.25) is 4.98 Å². The minimum Gasteiger partial charge on any atom is -0.451 e. The lowest BCUT2D eigenvalue weighted by Crippen LogP contribution is -2.17. The van der Waals surface area contributed by atoms with Gasteiger partial charge < -0.3 is 9.47 Å². The van der Waals surface area contributed by atoms with Crippen molar-refractivity contribution in [3.05, 3.63) is 42.2 Å². The monoisotopic (exact) mass is 395 g/mol. The molecule has 0 N–H and O–H groups in total. The summed E-state index contributed by atoms with van der Waals surface area (Å²) < 4.78 is 12.0. The van der Waals surface area contributed by atoms with Gasteiger partial charge in [0.1, 0.15) is 0 Å². The van der Waals surface area contributed by atoms with Crippen molar-refractivity contribution in [3.8, 4) is 22.6 Å². The number of rotatable bonds is 13. The van der Waals surface area contributed by atoms with E-state index in [4.69, 9.17) is 9.47 Å². The van der Waals surface area contributed by atoms with Crippen molar-refractivity contribution in [3.63, 3.8) is 0 Å². The molecule has 1 aromatic carbocycles. The van der Waals surface area contributed by atoms with Gasteiger partial charge in [-0.15, -0.1) is 0 Å². The minimum atomic E-state index is -0.130. The highest BCUT2D eigenvalue weighted by atomic mass is 16.7. The molecule has 0 amide bonds. The van der Waals surface area contributed by atoms with Gasteiger partial charge >= 0.3 is 0 Å². The predicted molar refractivity (Wildman–Crippen MR) is 121 cm³/mol. The molecule has 2 aromatic rings. The SMILES string of the molecule is CCCCCCCc1ccc(-c2ccc3c(c2)OC(CCCCCCC)O3)cn1. The van der Waals surface area contributed by atoms with Crippen LogP contribution in [0.1, 0.15) is 90.2 Å². The molecule has 158 valence electrons. The maximum atomic E-state index is 6.04. The molecule has 1 aromatic heterocycles. The van der Waals surface area contributed by atoms with Gasteiger partial charge in [-0.25, -0.2) is 0 Å². The zero-order chi connectivity index (χ0) is 20.3. The molecule has 0 saturated carbocycles. The molecule has 1 aliphatic heterocycles. The first-order valence-corrected chi connectivity index (χ1v) is 11.7. The minimum absolute atomic E-state index is 0.130. The number of benzene rings is 1. The number of fused-ring (bicyclic) bond motifs is 1. The third-order valence-electron chi connectivity index (χ3n) is 5.70. The van der Waals surface area contributed by atoms with E-state index in [0.717, 1.165) is 41.9 Å². The molecule has 3 nitrogen and oxygen atoms in total. The van der Waals surface area contributed by atoms with Crippen LogP contribution in [0, 0.1) is 0 Å². The fourth-order valence-corrected chi connectivity index (χ4v) is 3.87. The summed E-state index contributed by atoms with van der Waals surface area (Å²) in [6.07, 6.45) is 16.7. The first-order valence-electron chi connectivity index (χ1n) is 11.7. The molecule has 3 heteroatoms. The predicted octanol–water partition coefficient (Wildman–Crippen LogP) is 7.72. The Balaban J connectivity index is 1.49. The summed E-state index contributed by atoms with van der Waals surface area (Å²) in [5.74, 6) is 1.73. The molecule has 0 aliphatic carbocycles. The van der Waals surface area contributed by atoms with Gasteiger partial charge in [0.2, 0.25) is 6.29 Å². The number of pyridine rings is 1. The van der Waals surface area contributed by atoms with Crippen LogP contribution in [0.5, 0.6) is 11.5 Å². The Bertz CT molecular complexity index is 726. The Morgan fingerprint density at radius 3 is 2.14 bits per heavy atom. The van der Waals surface area contributed by atoms with Crippen LogP contribution in [0.4, 0.5) is 0 Å². The van der Waals surface area contributed by atoms with Crippen LogP contribution in [0.25, 0.3) is 11.1 Å². The second-order valence-electron chi connectivity index (χ2n) is 8.23. The summed E-state index contributed by atoms with van der Waals surface area (Å²) in [6, 6.07) is 10.6. The number of nitrogens with zero attached hydrogens (tertiary/aromatic N) is 1. The maximum absolute atomic E-state index is 6.04. The normalized spacial score (nSPS) is 15.0. The lowest BCUT2D eigenvalue weighted by atomic mass is 10.1. The van der Waals surface area contributed by atoms with E-state index < -0.39 is 0 Å². The summed E-state index contributed by atoms with van der Waals surface area (Å²) in [4.78, 5) is 4.67. The Kier molecular flexibility index (Phi) is 8.85. The van der Waals surface area contributed by atoms with Crippen molar-refractivity contribution < 1.29 is 9.47 Å². The van der Waals surface area contributed by atoms with Crippen LogP contribution in [0.2, 0.25) is 0 Å². The van der Waals surface area contributed by atoms with Crippen molar-refractivity contribution >= 4 is 0 Å². The second-order valence-corrected chi connectivity index (χ2v) is 8.23. The summed E-state index contributed by atoms with van der Waals surface area (Å²) in [7, 11) is 0. The average Bonchev–Trinajstić information content (AvgIpc) is 3.16. The zero-order valence-corrected chi connectivity index (χ0v) is 18.3. The van der Waals surface area contributed by atoms with Gasteiger partial charge in [-0.1, -0.05) is 77.3 Å². The van der Waals surface area contributed by atoms with Crippen LogP contribution in [0.3, 0.4) is 0 Å². The Labute approximate surface area is 176 Å². The first-order chi connectivity index (χ1) is 14.3. The van der Waals surface area contributed by atoms with Gasteiger partial charge in [0.05, 0.1) is 0 Å². The van der Waals surface area contributed by atoms with Crippen molar-refractivity contribution in [1.82, 2.24) is 4.98 Å². The van der Waals surface area contributed by atoms with Crippen molar-refractivity contribution in [1.29, 1.82) is 0 Å². The first kappa shape index (κ1) is 21.7. The van der Waals surface area contributed by atoms with E-state index >= 15 is 0 Å². The van der Waals surface area contributed by atoms with Gasteiger partial charge in [0.15, 0.2) is 11.5 Å². The number of aromatic nitrogens is 1. The van der Waals surface area contributed by atoms with E-state index in [2.05, 4.69) is 43.1 Å². The highest BCUT2D eigenvalue weighted by Crippen LogP contribution is 2.39. The fraction of sp³-hybridized carbons (Fsp3) is 0.577. The van der Waals surface area contributed by atoms with Gasteiger partial charge in [-0.2, -0.15) is 0 Å². The van der Waals surface area contributed by atoms with Crippen molar-refractivity contribution in [2.45, 2.75) is 97.2 Å². The summed E-state index contributed by atoms with van der Waals surface area (Å²) in [5, 5.41) is 0. The zero-order valence-electron chi connectivity index (χ0n) is 18.3. The van der Waals surface area contributed by atoms with E-state index in [1.807, 2.05) is 12.3 Å². The summed E-state index contributed by atoms with van der Waals surface area (Å²) in [6.45, 7) is 4.50. The van der Waals surface area contributed by atoms with Crippen molar-refractivity contribution in [2.24, 2.45) is 0 Å². The number of aryl methyl sites for hydroxylation is 1. The molecule has 1 aliphatic rings. The standard InChI is InChI=1S/C26H37NO2/c1-3-5-7-9-11-13-23-17-15-22(20-27-23)21-16-18-24-25(19-21)29-26(28-24)14-12-10-8-6-4-2/h15-20,26H,3-14H2,1-2H3. The molecule has 0 bridgehead atoms. The van der Waals surface area contributed by atoms with Gasteiger partial charge in [0, 0.05) is 23.9 Å². The lowest BCUT2D eigenvalue weighted by Gasteiger charge is -2.09. The Morgan fingerprint density at radius 2 is 1.41 bits per heavy atom. The lowest BCUT2D eigenvalue weighted by molar-refractivity contribution is 0.0395. The van der Waals surface area contributed by atoms with Crippen LogP contribution >= 0.6 is 0 Å². The third-order valence-corrected chi connectivity index (χ3v) is 5.70. The summed E-state index contributed by atoms with van der Waals surface area (Å²) >= 11 is 0. The molecule has 0 fully saturated rings. The molecular weight excluding hydrogens is 358 g/mol. The quantitative estimate of drug-likeness (QED) is 0.325. The molecular formula is C26H37NO2. The van der Waals surface area contributed by atoms with Gasteiger partial charge in [0.25, 0.3) is 0 Å². The van der Waals surface area contributed by atoms with E-state index in [9.17, 15) is 0 Å². The summed E-state index contributed by atoms with van der Waals surface area (Å²) in [5.41, 5.74) is 3.46. The number of hydrogen-bond acceptors (Lipinski definition) is 3. The maximum Gasteiger partial charge on any atom is 0.241 e. The molecule has 2 heterocycles. The van der Waals surface area contributed by atoms with E-state index in [-0.39, 0.29) is 6.29 Å². The molecule has 3 rings (SSSR count). The van der Waals surface area contributed by atoms with Crippen LogP contribution < -0.4 is 9.47 Å². The Hall–Kier alpha value is -2.03. The molecule has 1 atom stereocenters. The number of unbranched alkanes of at least 4 members (excludes halogenated alkanes) is 8. The fourth-order valence-electron chi connectivity index (χ4n) is 3.87. The van der Waals surface area contributed by atoms with E-state index in [1.54, 1.807) is 0 Å². The Morgan fingerprint density at radius 1 is 0.724 bits per heavy atom. The second kappa shape index (κ2) is 11.8. The molecule has 0 saturated heterocycles. The highest BCUT2D eigenvalue weighted by molar-refractivity contribution is 5.66. The molecule has 29 heavy (non-hydrogen) atoms. The van der Waals surface area contributed by atoms with Crippen LogP contribution in [-0.2, 0) is 6.42 Å². The van der Waals surface area contributed by atoms with Crippen molar-refractivity contribution in [2.75, 3.05) is 0 Å². The number of hydrogen-bond donors (Lipinski definition) is 0. The topological polar surface area (TPSA) is 31.4 Å². The van der Waals surface area contributed by atoms with E-state index in [1.165, 1.54) is 63.5 Å². The van der Waals surface area contributed by atoms with Crippen LogP contribution in [-0.4, -0.2) is 11.3 Å². The molecule has 0 spiro atoms. The highest BCUT2D eigenvalue weighted by Gasteiger charge is 2.24. The molecule has 1 unspecified atom stereocenters. The van der Waals surface area contributed by atoms with Crippen LogP contribution in [0.15, 0.2) is 36.5 Å². The largest absolute Gasteiger partial charge is 0.451 e. The third kappa shape index (κ3) is 6.76. The average molecular weight is 396 g/mol. The van der Waals surface area contributed by atoms with Gasteiger partial charge in [-0.05, 0) is 43.0 Å². The molecule has 0 radical (unpaired) electrons. The number of ether oxygens (including phenoxy) is 2. The van der Waals surface area contributed by atoms with E-state index in [0.29, 0.717) is 0 Å². The smallest absolute Gasteiger partial charge is 0.241 e.